The number of hydrogen-bond acceptors (Lipinski definition) is 5. The summed E-state index contributed by atoms with van der Waals surface area (Å²) in [6, 6.07) is 2.06. The van der Waals surface area contributed by atoms with Gasteiger partial charge in [-0.25, -0.2) is 9.97 Å². The number of ether oxygens (including phenoxy) is 1. The van der Waals surface area contributed by atoms with E-state index >= 15 is 0 Å². The Bertz CT molecular complexity index is 436. The molecule has 1 saturated heterocycles. The van der Waals surface area contributed by atoms with E-state index in [-0.39, 0.29) is 5.60 Å². The average molecular weight is 276 g/mol. The Hall–Kier alpha value is -1.36. The first-order valence-electron chi connectivity index (χ1n) is 7.67. The minimum atomic E-state index is 0.0240. The highest BCUT2D eigenvalue weighted by atomic mass is 16.5. The average Bonchev–Trinajstić information content (AvgIpc) is 2.48. The summed E-state index contributed by atoms with van der Waals surface area (Å²) in [6.45, 7) is 3.05. The lowest BCUT2D eigenvalue weighted by molar-refractivity contribution is -0.0601. The lowest BCUT2D eigenvalue weighted by atomic mass is 9.80. The van der Waals surface area contributed by atoms with Crippen molar-refractivity contribution in [2.24, 2.45) is 0 Å². The van der Waals surface area contributed by atoms with Gasteiger partial charge in [-0.15, -0.1) is 0 Å². The van der Waals surface area contributed by atoms with Crippen LogP contribution in [0.4, 0.5) is 11.6 Å². The fourth-order valence-electron chi connectivity index (χ4n) is 3.02. The van der Waals surface area contributed by atoms with Gasteiger partial charge in [0.1, 0.15) is 18.0 Å². The third-order valence-corrected chi connectivity index (χ3v) is 4.62. The van der Waals surface area contributed by atoms with Gasteiger partial charge in [0.05, 0.1) is 5.60 Å². The van der Waals surface area contributed by atoms with E-state index in [1.165, 1.54) is 25.7 Å². The molecule has 20 heavy (non-hydrogen) atoms. The monoisotopic (exact) mass is 276 g/mol. The van der Waals surface area contributed by atoms with E-state index in [0.29, 0.717) is 0 Å². The van der Waals surface area contributed by atoms with Gasteiger partial charge in [0.2, 0.25) is 0 Å². The van der Waals surface area contributed by atoms with E-state index in [0.717, 1.165) is 44.1 Å². The summed E-state index contributed by atoms with van der Waals surface area (Å²) >= 11 is 0. The molecule has 110 valence electrons. The fourth-order valence-corrected chi connectivity index (χ4v) is 3.02. The molecule has 1 saturated carbocycles. The maximum Gasteiger partial charge on any atom is 0.134 e. The van der Waals surface area contributed by atoms with Crippen molar-refractivity contribution in [2.45, 2.75) is 44.1 Å². The van der Waals surface area contributed by atoms with E-state index in [1.54, 1.807) is 13.4 Å². The predicted molar refractivity (Wildman–Crippen MR) is 80.2 cm³/mol. The van der Waals surface area contributed by atoms with Gasteiger partial charge in [0, 0.05) is 32.8 Å². The summed E-state index contributed by atoms with van der Waals surface area (Å²) in [5.74, 6) is 1.95. The summed E-state index contributed by atoms with van der Waals surface area (Å²) in [4.78, 5) is 11.1. The maximum atomic E-state index is 5.63. The van der Waals surface area contributed by atoms with Crippen LogP contribution in [0.25, 0.3) is 0 Å². The third-order valence-electron chi connectivity index (χ3n) is 4.62. The Morgan fingerprint density at radius 1 is 1.20 bits per heavy atom. The zero-order valence-corrected chi connectivity index (χ0v) is 12.3. The van der Waals surface area contributed by atoms with Crippen molar-refractivity contribution in [3.63, 3.8) is 0 Å². The van der Waals surface area contributed by atoms with Crippen molar-refractivity contribution >= 4 is 11.6 Å². The van der Waals surface area contributed by atoms with Gasteiger partial charge < -0.3 is 15.0 Å². The van der Waals surface area contributed by atoms with Gasteiger partial charge in [0.25, 0.3) is 0 Å². The van der Waals surface area contributed by atoms with Crippen molar-refractivity contribution in [2.75, 3.05) is 37.0 Å². The fraction of sp³-hybridized carbons (Fsp3) is 0.733. The van der Waals surface area contributed by atoms with Crippen molar-refractivity contribution in [1.29, 1.82) is 0 Å². The Labute approximate surface area is 120 Å². The van der Waals surface area contributed by atoms with Crippen LogP contribution in [-0.2, 0) is 4.74 Å². The molecule has 0 spiro atoms. The number of nitrogens with one attached hydrogen (secondary N) is 1. The number of hydrogen-bond donors (Lipinski definition) is 1. The molecule has 0 unspecified atom stereocenters. The van der Waals surface area contributed by atoms with Gasteiger partial charge in [-0.2, -0.15) is 0 Å². The molecule has 3 rings (SSSR count). The van der Waals surface area contributed by atoms with Crippen LogP contribution in [0.3, 0.4) is 0 Å². The quantitative estimate of drug-likeness (QED) is 0.895. The third kappa shape index (κ3) is 2.87. The second-order valence-corrected chi connectivity index (χ2v) is 5.90. The highest BCUT2D eigenvalue weighted by molar-refractivity contribution is 5.48. The smallest absolute Gasteiger partial charge is 0.134 e. The molecule has 1 aromatic heterocycles. The van der Waals surface area contributed by atoms with E-state index < -0.39 is 0 Å². The van der Waals surface area contributed by atoms with E-state index in [2.05, 4.69) is 26.3 Å². The lowest BCUT2D eigenvalue weighted by Gasteiger charge is -2.40. The molecule has 0 radical (unpaired) electrons. The lowest BCUT2D eigenvalue weighted by Crippen LogP contribution is -2.45. The summed E-state index contributed by atoms with van der Waals surface area (Å²) in [6.07, 6.45) is 9.06. The number of rotatable bonds is 5. The molecule has 1 aliphatic carbocycles. The van der Waals surface area contributed by atoms with Crippen LogP contribution in [0.2, 0.25) is 0 Å². The van der Waals surface area contributed by atoms with Crippen molar-refractivity contribution in [3.8, 4) is 0 Å². The Kier molecular flexibility index (Phi) is 4.05. The van der Waals surface area contributed by atoms with Gasteiger partial charge in [-0.3, -0.25) is 0 Å². The van der Waals surface area contributed by atoms with Gasteiger partial charge in [-0.1, -0.05) is 0 Å². The molecule has 2 aliphatic rings. The summed E-state index contributed by atoms with van der Waals surface area (Å²) in [7, 11) is 1.81. The SMILES string of the molecule is COC1(CNc2cc(N3CCCCC3)ncn2)CCC1. The first kappa shape index (κ1) is 13.6. The summed E-state index contributed by atoms with van der Waals surface area (Å²) in [5.41, 5.74) is 0.0240. The Morgan fingerprint density at radius 2 is 2.00 bits per heavy atom. The highest BCUT2D eigenvalue weighted by Crippen LogP contribution is 2.35. The second-order valence-electron chi connectivity index (χ2n) is 5.90. The van der Waals surface area contributed by atoms with Gasteiger partial charge in [0.15, 0.2) is 0 Å². The van der Waals surface area contributed by atoms with Crippen LogP contribution in [0.5, 0.6) is 0 Å². The molecule has 2 heterocycles. The minimum absolute atomic E-state index is 0.0240. The number of methoxy groups -OCH3 is 1. The number of aromatic nitrogens is 2. The zero-order chi connectivity index (χ0) is 13.8. The standard InChI is InChI=1S/C15H24N4O/c1-20-15(6-5-7-15)11-16-13-10-14(18-12-17-13)19-8-3-2-4-9-19/h10,12H,2-9,11H2,1H3,(H,16,17,18). The van der Waals surface area contributed by atoms with Crippen LogP contribution in [0, 0.1) is 0 Å². The second kappa shape index (κ2) is 5.95. The highest BCUT2D eigenvalue weighted by Gasteiger charge is 2.36. The van der Waals surface area contributed by atoms with E-state index in [9.17, 15) is 0 Å². The molecule has 0 bridgehead atoms. The molecule has 0 amide bonds. The topological polar surface area (TPSA) is 50.3 Å². The largest absolute Gasteiger partial charge is 0.376 e. The first-order valence-corrected chi connectivity index (χ1v) is 7.67. The first-order chi connectivity index (χ1) is 9.81. The van der Waals surface area contributed by atoms with E-state index in [4.69, 9.17) is 4.74 Å². The van der Waals surface area contributed by atoms with Crippen LogP contribution >= 0.6 is 0 Å². The maximum absolute atomic E-state index is 5.63. The summed E-state index contributed by atoms with van der Waals surface area (Å²) in [5, 5.41) is 3.42. The van der Waals surface area contributed by atoms with Crippen molar-refractivity contribution in [3.05, 3.63) is 12.4 Å². The molecule has 2 fully saturated rings. The molecular weight excluding hydrogens is 252 g/mol. The van der Waals surface area contributed by atoms with E-state index in [1.807, 2.05) is 0 Å². The van der Waals surface area contributed by atoms with Gasteiger partial charge in [-0.05, 0) is 38.5 Å². The summed E-state index contributed by atoms with van der Waals surface area (Å²) < 4.78 is 5.63. The number of anilines is 2. The molecule has 1 aliphatic heterocycles. The molecule has 5 heteroatoms. The zero-order valence-electron chi connectivity index (χ0n) is 12.3. The molecule has 1 aromatic rings. The normalized spacial score (nSPS) is 21.4. The van der Waals surface area contributed by atoms with Crippen molar-refractivity contribution in [1.82, 2.24) is 9.97 Å². The Morgan fingerprint density at radius 3 is 2.65 bits per heavy atom. The van der Waals surface area contributed by atoms with Crippen LogP contribution in [0.15, 0.2) is 12.4 Å². The molecule has 5 nitrogen and oxygen atoms in total. The van der Waals surface area contributed by atoms with Crippen LogP contribution in [0.1, 0.15) is 38.5 Å². The molecular formula is C15H24N4O. The molecule has 0 atom stereocenters. The van der Waals surface area contributed by atoms with Crippen molar-refractivity contribution < 1.29 is 4.74 Å². The van der Waals surface area contributed by atoms with Crippen LogP contribution < -0.4 is 10.2 Å². The molecule has 0 aromatic carbocycles. The number of piperidine rings is 1. The predicted octanol–water partition coefficient (Wildman–Crippen LogP) is 2.45. The molecule has 1 N–H and O–H groups in total. The van der Waals surface area contributed by atoms with Gasteiger partial charge >= 0.3 is 0 Å². The van der Waals surface area contributed by atoms with Crippen LogP contribution in [-0.4, -0.2) is 42.3 Å². The minimum Gasteiger partial charge on any atom is -0.376 e. The Balaban J connectivity index is 1.62. The number of nitrogens with zero attached hydrogens (tertiary/aromatic N) is 3.